The Balaban J connectivity index is 1.54. The zero-order valence-electron chi connectivity index (χ0n) is 16.8. The summed E-state index contributed by atoms with van der Waals surface area (Å²) in [6.07, 6.45) is -0.645. The highest BCUT2D eigenvalue weighted by Crippen LogP contribution is 2.19. The minimum Gasteiger partial charge on any atom is -0.481 e. The van der Waals surface area contributed by atoms with E-state index in [1.54, 1.807) is 65.3 Å². The molecule has 1 aliphatic rings. The third kappa shape index (κ3) is 5.51. The molecule has 0 aromatic heterocycles. The maximum Gasteiger partial charge on any atom is 0.308 e. The van der Waals surface area contributed by atoms with Crippen LogP contribution in [0.1, 0.15) is 24.2 Å². The smallest absolute Gasteiger partial charge is 0.308 e. The molecular weight excluding hydrogens is 408 g/mol. The second-order valence-electron chi connectivity index (χ2n) is 6.95. The molecule has 30 heavy (non-hydrogen) atoms. The van der Waals surface area contributed by atoms with Crippen molar-refractivity contribution < 1.29 is 23.9 Å². The Hall–Kier alpha value is -3.06. The van der Waals surface area contributed by atoms with Gasteiger partial charge in [0.2, 0.25) is 0 Å². The van der Waals surface area contributed by atoms with Gasteiger partial charge < -0.3 is 19.3 Å². The van der Waals surface area contributed by atoms with Crippen molar-refractivity contribution in [2.75, 3.05) is 26.2 Å². The molecule has 7 nitrogen and oxygen atoms in total. The predicted molar refractivity (Wildman–Crippen MR) is 112 cm³/mol. The van der Waals surface area contributed by atoms with Crippen molar-refractivity contribution in [3.05, 3.63) is 59.1 Å². The molecule has 0 saturated carbocycles. The summed E-state index contributed by atoms with van der Waals surface area (Å²) in [6.45, 7) is 4.68. The van der Waals surface area contributed by atoms with E-state index in [4.69, 9.17) is 21.1 Å². The molecule has 2 aromatic rings. The number of rotatable bonds is 5. The molecule has 3 rings (SSSR count). The van der Waals surface area contributed by atoms with Gasteiger partial charge in [0, 0.05) is 43.7 Å². The molecule has 1 heterocycles. The van der Waals surface area contributed by atoms with Crippen molar-refractivity contribution in [1.29, 1.82) is 0 Å². The van der Waals surface area contributed by atoms with E-state index < -0.39 is 12.1 Å². The van der Waals surface area contributed by atoms with Crippen LogP contribution in [0.25, 0.3) is 0 Å². The highest BCUT2D eigenvalue weighted by atomic mass is 35.5. The molecule has 0 spiro atoms. The Bertz CT molecular complexity index is 923. The zero-order valence-corrected chi connectivity index (χ0v) is 17.6. The number of hydrogen-bond donors (Lipinski definition) is 0. The summed E-state index contributed by atoms with van der Waals surface area (Å²) in [6, 6.07) is 13.3. The van der Waals surface area contributed by atoms with Gasteiger partial charge in [-0.05, 0) is 49.4 Å². The summed E-state index contributed by atoms with van der Waals surface area (Å²) < 4.78 is 10.7. The first-order valence-electron chi connectivity index (χ1n) is 9.62. The molecule has 158 valence electrons. The highest BCUT2D eigenvalue weighted by Gasteiger charge is 2.28. The van der Waals surface area contributed by atoms with Crippen molar-refractivity contribution in [2.24, 2.45) is 0 Å². The summed E-state index contributed by atoms with van der Waals surface area (Å²) in [5, 5.41) is 0.598. The lowest BCUT2D eigenvalue weighted by molar-refractivity contribution is -0.139. The van der Waals surface area contributed by atoms with Crippen LogP contribution in [0.3, 0.4) is 0 Å². The van der Waals surface area contributed by atoms with Crippen LogP contribution in [-0.2, 0) is 9.59 Å². The summed E-state index contributed by atoms with van der Waals surface area (Å²) in [5.74, 6) is 0.161. The maximum absolute atomic E-state index is 12.8. The first-order chi connectivity index (χ1) is 14.3. The molecule has 1 atom stereocenters. The van der Waals surface area contributed by atoms with Gasteiger partial charge in [-0.15, -0.1) is 0 Å². The van der Waals surface area contributed by atoms with Crippen LogP contribution in [-0.4, -0.2) is 59.9 Å². The van der Waals surface area contributed by atoms with Gasteiger partial charge >= 0.3 is 5.97 Å². The fourth-order valence-corrected chi connectivity index (χ4v) is 3.32. The van der Waals surface area contributed by atoms with Gasteiger partial charge in [-0.1, -0.05) is 17.7 Å². The minimum atomic E-state index is -0.645. The third-order valence-electron chi connectivity index (χ3n) is 4.70. The molecule has 1 fully saturated rings. The summed E-state index contributed by atoms with van der Waals surface area (Å²) >= 11 is 5.86. The SMILES string of the molecule is CC(=O)Oc1cccc(C(=O)N2CCN(C(=O)C(C)Oc3ccc(Cl)cc3)CC2)c1. The highest BCUT2D eigenvalue weighted by molar-refractivity contribution is 6.30. The quantitative estimate of drug-likeness (QED) is 0.538. The van der Waals surface area contributed by atoms with Crippen molar-refractivity contribution in [1.82, 2.24) is 9.80 Å². The lowest BCUT2D eigenvalue weighted by Crippen LogP contribution is -2.53. The Kier molecular flexibility index (Phi) is 6.95. The maximum atomic E-state index is 12.8. The second kappa shape index (κ2) is 9.63. The molecular formula is C22H23ClN2O5. The Morgan fingerprint density at radius 1 is 0.933 bits per heavy atom. The van der Waals surface area contributed by atoms with Crippen LogP contribution in [0.15, 0.2) is 48.5 Å². The van der Waals surface area contributed by atoms with E-state index in [1.807, 2.05) is 0 Å². The van der Waals surface area contributed by atoms with E-state index in [-0.39, 0.29) is 11.8 Å². The van der Waals surface area contributed by atoms with Gasteiger partial charge in [-0.25, -0.2) is 0 Å². The van der Waals surface area contributed by atoms with Crippen LogP contribution in [0.5, 0.6) is 11.5 Å². The van der Waals surface area contributed by atoms with Crippen molar-refractivity contribution >= 4 is 29.4 Å². The molecule has 1 unspecified atom stereocenters. The summed E-state index contributed by atoms with van der Waals surface area (Å²) in [4.78, 5) is 39.9. The van der Waals surface area contributed by atoms with Gasteiger partial charge in [-0.2, -0.15) is 0 Å². The Morgan fingerprint density at radius 2 is 1.57 bits per heavy atom. The van der Waals surface area contributed by atoms with E-state index in [0.29, 0.717) is 48.3 Å². The number of benzene rings is 2. The van der Waals surface area contributed by atoms with E-state index in [9.17, 15) is 14.4 Å². The Labute approximate surface area is 180 Å². The largest absolute Gasteiger partial charge is 0.481 e. The second-order valence-corrected chi connectivity index (χ2v) is 7.39. The van der Waals surface area contributed by atoms with E-state index >= 15 is 0 Å². The number of halogens is 1. The number of esters is 1. The van der Waals surface area contributed by atoms with Gasteiger partial charge in [0.15, 0.2) is 6.10 Å². The number of nitrogens with zero attached hydrogens (tertiary/aromatic N) is 2. The molecule has 0 radical (unpaired) electrons. The fraction of sp³-hybridized carbons (Fsp3) is 0.318. The van der Waals surface area contributed by atoms with Crippen LogP contribution < -0.4 is 9.47 Å². The van der Waals surface area contributed by atoms with Gasteiger partial charge in [0.05, 0.1) is 0 Å². The average molecular weight is 431 g/mol. The molecule has 1 aliphatic heterocycles. The number of carbonyl (C=O) groups excluding carboxylic acids is 3. The molecule has 2 amide bonds. The zero-order chi connectivity index (χ0) is 21.7. The summed E-state index contributed by atoms with van der Waals surface area (Å²) in [7, 11) is 0. The van der Waals surface area contributed by atoms with Crippen LogP contribution in [0, 0.1) is 0 Å². The third-order valence-corrected chi connectivity index (χ3v) is 4.95. The number of piperazine rings is 1. The number of ether oxygens (including phenoxy) is 2. The van der Waals surface area contributed by atoms with Gasteiger partial charge in [-0.3, -0.25) is 14.4 Å². The fourth-order valence-electron chi connectivity index (χ4n) is 3.20. The molecule has 0 aliphatic carbocycles. The van der Waals surface area contributed by atoms with Crippen molar-refractivity contribution in [3.8, 4) is 11.5 Å². The first-order valence-corrected chi connectivity index (χ1v) is 10.00. The number of carbonyl (C=O) groups is 3. The standard InChI is InChI=1S/C22H23ClN2O5/c1-15(29-19-8-6-18(23)7-9-19)21(27)24-10-12-25(13-11-24)22(28)17-4-3-5-20(14-17)30-16(2)26/h3-9,14-15H,10-13H2,1-2H3. The van der Waals surface area contributed by atoms with Crippen LogP contribution in [0.4, 0.5) is 0 Å². The molecule has 2 aromatic carbocycles. The topological polar surface area (TPSA) is 76.2 Å². The first kappa shape index (κ1) is 21.6. The summed E-state index contributed by atoms with van der Waals surface area (Å²) in [5.41, 5.74) is 0.438. The lowest BCUT2D eigenvalue weighted by atomic mass is 10.1. The average Bonchev–Trinajstić information content (AvgIpc) is 2.74. The lowest BCUT2D eigenvalue weighted by Gasteiger charge is -2.36. The number of amides is 2. The normalized spacial score (nSPS) is 14.8. The molecule has 8 heteroatoms. The van der Waals surface area contributed by atoms with E-state index in [0.717, 1.165) is 0 Å². The Morgan fingerprint density at radius 3 is 2.20 bits per heavy atom. The van der Waals surface area contributed by atoms with Crippen molar-refractivity contribution in [2.45, 2.75) is 20.0 Å². The monoisotopic (exact) mass is 430 g/mol. The van der Waals surface area contributed by atoms with Crippen molar-refractivity contribution in [3.63, 3.8) is 0 Å². The van der Waals surface area contributed by atoms with E-state index in [2.05, 4.69) is 0 Å². The van der Waals surface area contributed by atoms with Gasteiger partial charge in [0.1, 0.15) is 11.5 Å². The minimum absolute atomic E-state index is 0.131. The van der Waals surface area contributed by atoms with Gasteiger partial charge in [0.25, 0.3) is 11.8 Å². The number of hydrogen-bond acceptors (Lipinski definition) is 5. The molecule has 1 saturated heterocycles. The molecule has 0 bridgehead atoms. The van der Waals surface area contributed by atoms with Crippen LogP contribution >= 0.6 is 11.6 Å². The predicted octanol–water partition coefficient (Wildman–Crippen LogP) is 3.02. The molecule has 0 N–H and O–H groups in total. The van der Waals surface area contributed by atoms with E-state index in [1.165, 1.54) is 6.92 Å². The van der Waals surface area contributed by atoms with Crippen LogP contribution in [0.2, 0.25) is 5.02 Å².